The van der Waals surface area contributed by atoms with Gasteiger partial charge < -0.3 is 5.73 Å². The summed E-state index contributed by atoms with van der Waals surface area (Å²) in [5.74, 6) is 0. The highest BCUT2D eigenvalue weighted by molar-refractivity contribution is 7.09. The average Bonchev–Trinajstić information content (AvgIpc) is 3.21. The Bertz CT molecular complexity index is 927. The molecule has 0 bridgehead atoms. The van der Waals surface area contributed by atoms with Crippen molar-refractivity contribution >= 4 is 28.8 Å². The molecule has 1 aromatic heterocycles. The normalized spacial score (nSPS) is 9.83. The molecule has 0 aliphatic heterocycles. The third-order valence-electron chi connectivity index (χ3n) is 3.79. The maximum Gasteiger partial charge on any atom is 0.0897 e. The van der Waals surface area contributed by atoms with Crippen molar-refractivity contribution in [2.24, 2.45) is 5.73 Å². The van der Waals surface area contributed by atoms with Crippen LogP contribution in [0.15, 0.2) is 66.1 Å². The minimum absolute atomic E-state index is 0.233. The molecule has 2 aromatic carbocycles. The average molecular weight is 407 g/mol. The maximum absolute atomic E-state index is 8.33. The van der Waals surface area contributed by atoms with E-state index < -0.39 is 0 Å². The lowest BCUT2D eigenvalue weighted by atomic mass is 9.98. The van der Waals surface area contributed by atoms with Crippen LogP contribution in [0.25, 0.3) is 6.08 Å². The van der Waals surface area contributed by atoms with E-state index in [4.69, 9.17) is 10.8 Å². The molecule has 3 rings (SSSR count). The Morgan fingerprint density at radius 2 is 1.59 bits per heavy atom. The Hall–Kier alpha value is -2.89. The first-order valence-corrected chi connectivity index (χ1v) is 10.5. The molecule has 152 valence electrons. The third kappa shape index (κ3) is 7.56. The van der Waals surface area contributed by atoms with E-state index >= 15 is 0 Å². The quantitative estimate of drug-likeness (QED) is 0.456. The fourth-order valence-corrected chi connectivity index (χ4v) is 3.13. The molecular formula is C24H30N4S. The molecule has 4 N–H and O–H groups in total. The molecule has 3 aromatic rings. The van der Waals surface area contributed by atoms with E-state index in [1.807, 2.05) is 81.4 Å². The molecule has 0 saturated carbocycles. The SMILES string of the molecule is CC.CN.Cc1nc(C/C=C/c2cccc(C(=N)C(=N)c3ccccc3)c2)cs1. The molecule has 4 nitrogen and oxygen atoms in total. The van der Waals surface area contributed by atoms with E-state index in [1.54, 1.807) is 11.3 Å². The summed E-state index contributed by atoms with van der Waals surface area (Å²) in [4.78, 5) is 4.45. The maximum atomic E-state index is 8.33. The topological polar surface area (TPSA) is 86.6 Å². The summed E-state index contributed by atoms with van der Waals surface area (Å²) in [6.45, 7) is 6.01. The van der Waals surface area contributed by atoms with E-state index in [2.05, 4.69) is 22.2 Å². The molecular weight excluding hydrogens is 376 g/mol. The molecule has 0 radical (unpaired) electrons. The van der Waals surface area contributed by atoms with Gasteiger partial charge >= 0.3 is 0 Å². The molecule has 0 saturated heterocycles. The number of hydrogen-bond acceptors (Lipinski definition) is 5. The van der Waals surface area contributed by atoms with Gasteiger partial charge in [0.15, 0.2) is 0 Å². The van der Waals surface area contributed by atoms with Gasteiger partial charge in [-0.1, -0.05) is 74.5 Å². The standard InChI is InChI=1S/C21H19N3S.C2H6.CH5N/c1-15-24-19(14-25-15)12-6-8-16-7-5-11-18(13-16)21(23)20(22)17-9-3-2-4-10-17;2*1-2/h2-11,13-14,22-23H,12H2,1H3;1-2H3;2H2,1H3/b8-6+,22-20?,23-21?;;. The summed E-state index contributed by atoms with van der Waals surface area (Å²) in [7, 11) is 1.50. The van der Waals surface area contributed by atoms with Crippen LogP contribution in [0.5, 0.6) is 0 Å². The van der Waals surface area contributed by atoms with Crippen LogP contribution in [0.3, 0.4) is 0 Å². The van der Waals surface area contributed by atoms with Crippen molar-refractivity contribution in [3.8, 4) is 0 Å². The zero-order chi connectivity index (χ0) is 21.6. The lowest BCUT2D eigenvalue weighted by Gasteiger charge is -2.07. The van der Waals surface area contributed by atoms with Crippen LogP contribution in [0.4, 0.5) is 0 Å². The molecule has 0 unspecified atom stereocenters. The summed E-state index contributed by atoms with van der Waals surface area (Å²) in [5.41, 5.74) is 8.58. The number of nitrogens with zero attached hydrogens (tertiary/aromatic N) is 1. The first-order chi connectivity index (χ1) is 14.1. The Morgan fingerprint density at radius 3 is 2.21 bits per heavy atom. The number of rotatable bonds is 6. The molecule has 0 aliphatic carbocycles. The molecule has 0 aliphatic rings. The first kappa shape index (κ1) is 24.1. The summed E-state index contributed by atoms with van der Waals surface area (Å²) < 4.78 is 0. The zero-order valence-electron chi connectivity index (χ0n) is 17.6. The molecule has 29 heavy (non-hydrogen) atoms. The Labute approximate surface area is 178 Å². The van der Waals surface area contributed by atoms with Crippen LogP contribution in [0.2, 0.25) is 0 Å². The summed E-state index contributed by atoms with van der Waals surface area (Å²) in [5, 5.41) is 19.7. The van der Waals surface area contributed by atoms with E-state index in [1.165, 1.54) is 7.05 Å². The van der Waals surface area contributed by atoms with Gasteiger partial charge in [-0.25, -0.2) is 4.98 Å². The third-order valence-corrected chi connectivity index (χ3v) is 4.61. The van der Waals surface area contributed by atoms with Crippen molar-refractivity contribution < 1.29 is 0 Å². The number of thiazole rings is 1. The number of hydrogen-bond donors (Lipinski definition) is 3. The Morgan fingerprint density at radius 1 is 0.966 bits per heavy atom. The van der Waals surface area contributed by atoms with Crippen LogP contribution in [-0.2, 0) is 6.42 Å². The van der Waals surface area contributed by atoms with Crippen molar-refractivity contribution in [3.63, 3.8) is 0 Å². The van der Waals surface area contributed by atoms with Gasteiger partial charge in [0.2, 0.25) is 0 Å². The second kappa shape index (κ2) is 13.3. The van der Waals surface area contributed by atoms with Crippen LogP contribution in [0.1, 0.15) is 41.2 Å². The fourth-order valence-electron chi connectivity index (χ4n) is 2.51. The van der Waals surface area contributed by atoms with Crippen LogP contribution in [0, 0.1) is 17.7 Å². The number of nitrogens with one attached hydrogen (secondary N) is 2. The zero-order valence-corrected chi connectivity index (χ0v) is 18.4. The van der Waals surface area contributed by atoms with Crippen molar-refractivity contribution in [1.82, 2.24) is 4.98 Å². The molecule has 0 spiro atoms. The molecule has 1 heterocycles. The highest BCUT2D eigenvalue weighted by Gasteiger charge is 2.10. The van der Waals surface area contributed by atoms with Gasteiger partial charge in [-0.15, -0.1) is 11.3 Å². The lowest BCUT2D eigenvalue weighted by molar-refractivity contribution is 1.12. The van der Waals surface area contributed by atoms with Gasteiger partial charge in [-0.05, 0) is 25.6 Å². The second-order valence-electron chi connectivity index (χ2n) is 5.71. The molecule has 5 heteroatoms. The van der Waals surface area contributed by atoms with Gasteiger partial charge in [-0.3, -0.25) is 10.8 Å². The van der Waals surface area contributed by atoms with Crippen molar-refractivity contribution in [1.29, 1.82) is 10.8 Å². The number of allylic oxidation sites excluding steroid dienone is 1. The minimum Gasteiger partial charge on any atom is -0.333 e. The first-order valence-electron chi connectivity index (χ1n) is 9.62. The van der Waals surface area contributed by atoms with Crippen molar-refractivity contribution in [2.45, 2.75) is 27.2 Å². The van der Waals surface area contributed by atoms with E-state index in [9.17, 15) is 0 Å². The number of aromatic nitrogens is 1. The predicted molar refractivity (Wildman–Crippen MR) is 128 cm³/mol. The summed E-state index contributed by atoms with van der Waals surface area (Å²) in [6, 6.07) is 17.2. The Balaban J connectivity index is 0.000000989. The molecule has 0 fully saturated rings. The van der Waals surface area contributed by atoms with E-state index in [0.717, 1.165) is 33.8 Å². The minimum atomic E-state index is 0.233. The van der Waals surface area contributed by atoms with Crippen LogP contribution < -0.4 is 5.73 Å². The van der Waals surface area contributed by atoms with Gasteiger partial charge in [0.1, 0.15) is 0 Å². The summed E-state index contributed by atoms with van der Waals surface area (Å²) >= 11 is 1.66. The fraction of sp³-hybridized carbons (Fsp3) is 0.208. The number of aryl methyl sites for hydroxylation is 1. The van der Waals surface area contributed by atoms with Crippen molar-refractivity contribution in [2.75, 3.05) is 7.05 Å². The highest BCUT2D eigenvalue weighted by Crippen LogP contribution is 2.13. The smallest absolute Gasteiger partial charge is 0.0897 e. The van der Waals surface area contributed by atoms with Crippen LogP contribution in [-0.4, -0.2) is 23.5 Å². The second-order valence-corrected chi connectivity index (χ2v) is 6.77. The van der Waals surface area contributed by atoms with E-state index in [0.29, 0.717) is 0 Å². The summed E-state index contributed by atoms with van der Waals surface area (Å²) in [6.07, 6.45) is 4.92. The number of benzene rings is 2. The lowest BCUT2D eigenvalue weighted by Crippen LogP contribution is -2.14. The van der Waals surface area contributed by atoms with Crippen LogP contribution >= 0.6 is 11.3 Å². The molecule has 0 atom stereocenters. The van der Waals surface area contributed by atoms with Gasteiger partial charge in [0, 0.05) is 22.9 Å². The van der Waals surface area contributed by atoms with Gasteiger partial charge in [0.25, 0.3) is 0 Å². The largest absolute Gasteiger partial charge is 0.333 e. The van der Waals surface area contributed by atoms with E-state index in [-0.39, 0.29) is 11.4 Å². The number of nitrogens with two attached hydrogens (primary N) is 1. The molecule has 0 amide bonds. The predicted octanol–water partition coefficient (Wildman–Crippen LogP) is 5.74. The monoisotopic (exact) mass is 406 g/mol. The van der Waals surface area contributed by atoms with Crippen molar-refractivity contribution in [3.05, 3.63) is 93.4 Å². The highest BCUT2D eigenvalue weighted by atomic mass is 32.1. The van der Waals surface area contributed by atoms with Gasteiger partial charge in [-0.2, -0.15) is 0 Å². The Kier molecular flexibility index (Phi) is 11.1. The van der Waals surface area contributed by atoms with Gasteiger partial charge in [0.05, 0.1) is 22.1 Å².